The van der Waals surface area contributed by atoms with Crippen LogP contribution in [0.4, 0.5) is 0 Å². The van der Waals surface area contributed by atoms with Crippen LogP contribution in [0.25, 0.3) is 5.69 Å². The fourth-order valence-corrected chi connectivity index (χ4v) is 3.94. The first kappa shape index (κ1) is 16.1. The zero-order chi connectivity index (χ0) is 18.1. The van der Waals surface area contributed by atoms with Crippen molar-refractivity contribution in [2.45, 2.75) is 25.0 Å². The largest absolute Gasteiger partial charge is 0.494 e. The Kier molecular flexibility index (Phi) is 3.08. The second-order valence-electron chi connectivity index (χ2n) is 6.54. The van der Waals surface area contributed by atoms with Crippen LogP contribution in [-0.2, 0) is 20.7 Å². The number of carbonyl (C=O) groups excluding carboxylic acids is 1. The molecule has 0 aliphatic carbocycles. The molecular weight excluding hydrogens is 346 g/mol. The summed E-state index contributed by atoms with van der Waals surface area (Å²) in [5.74, 6) is -0.878. The van der Waals surface area contributed by atoms with Crippen molar-refractivity contribution in [3.63, 3.8) is 0 Å². The van der Waals surface area contributed by atoms with Crippen LogP contribution >= 0.6 is 11.6 Å². The fourth-order valence-electron chi connectivity index (χ4n) is 3.75. The molecule has 2 bridgehead atoms. The van der Waals surface area contributed by atoms with Gasteiger partial charge in [0.25, 0.3) is 0 Å². The zero-order valence-electron chi connectivity index (χ0n) is 13.8. The summed E-state index contributed by atoms with van der Waals surface area (Å²) in [5, 5.41) is 21.8. The van der Waals surface area contributed by atoms with Crippen molar-refractivity contribution in [3.05, 3.63) is 52.1 Å². The van der Waals surface area contributed by atoms with Crippen molar-refractivity contribution < 1.29 is 24.5 Å². The van der Waals surface area contributed by atoms with E-state index in [0.29, 0.717) is 16.8 Å². The monoisotopic (exact) mass is 361 g/mol. The lowest BCUT2D eigenvalue weighted by Gasteiger charge is -2.21. The smallest absolute Gasteiger partial charge is 0.339 e. The minimum Gasteiger partial charge on any atom is -0.494 e. The number of ether oxygens (including phenoxy) is 2. The molecule has 0 fully saturated rings. The van der Waals surface area contributed by atoms with Crippen molar-refractivity contribution in [3.8, 4) is 17.4 Å². The molecule has 1 aromatic heterocycles. The van der Waals surface area contributed by atoms with Gasteiger partial charge in [0.15, 0.2) is 0 Å². The fraction of sp³-hybridized carbons (Fsp3) is 0.278. The van der Waals surface area contributed by atoms with Gasteiger partial charge < -0.3 is 19.7 Å². The van der Waals surface area contributed by atoms with E-state index in [2.05, 4.69) is 0 Å². The Morgan fingerprint density at radius 3 is 2.24 bits per heavy atom. The van der Waals surface area contributed by atoms with E-state index in [1.807, 2.05) is 26.0 Å². The van der Waals surface area contributed by atoms with Gasteiger partial charge in [-0.1, -0.05) is 11.6 Å². The van der Waals surface area contributed by atoms with E-state index in [1.54, 1.807) is 6.07 Å². The number of aromatic nitrogens is 1. The van der Waals surface area contributed by atoms with Gasteiger partial charge in [-0.25, -0.2) is 4.79 Å². The standard InChI is InChI=1S/C18H16ClNO5/c1-17-6-7-18(2,25-17)13-12(17)14(21)20(15(13)22)9-4-5-11(19)10(8-9)16(23)24-3/h4-8,21-22H,1-3H3. The number of nitrogens with zero attached hydrogens (tertiary/aromatic N) is 1. The maximum atomic E-state index is 11.9. The van der Waals surface area contributed by atoms with Crippen LogP contribution < -0.4 is 0 Å². The molecule has 6 nitrogen and oxygen atoms in total. The minimum atomic E-state index is -0.811. The molecule has 0 saturated heterocycles. The predicted octanol–water partition coefficient (Wildman–Crippen LogP) is 3.36. The lowest BCUT2D eigenvalue weighted by Crippen LogP contribution is -2.19. The molecule has 1 aromatic carbocycles. The average Bonchev–Trinajstić information content (AvgIpc) is 3.12. The van der Waals surface area contributed by atoms with Crippen LogP contribution in [0.3, 0.4) is 0 Å². The minimum absolute atomic E-state index is 0.138. The maximum absolute atomic E-state index is 11.9. The normalized spacial score (nSPS) is 26.1. The highest BCUT2D eigenvalue weighted by molar-refractivity contribution is 6.33. The van der Waals surface area contributed by atoms with Crippen LogP contribution in [0.2, 0.25) is 5.02 Å². The van der Waals surface area contributed by atoms with Crippen molar-refractivity contribution >= 4 is 17.6 Å². The molecule has 25 heavy (non-hydrogen) atoms. The summed E-state index contributed by atoms with van der Waals surface area (Å²) in [6, 6.07) is 4.58. The number of benzene rings is 1. The van der Waals surface area contributed by atoms with Crippen molar-refractivity contribution in [1.82, 2.24) is 4.57 Å². The number of aromatic hydroxyl groups is 2. The quantitative estimate of drug-likeness (QED) is 0.633. The summed E-state index contributed by atoms with van der Waals surface area (Å²) in [6.07, 6.45) is 3.72. The number of carbonyl (C=O) groups is 1. The summed E-state index contributed by atoms with van der Waals surface area (Å²) in [5.41, 5.74) is -0.0535. The number of hydrogen-bond acceptors (Lipinski definition) is 5. The summed E-state index contributed by atoms with van der Waals surface area (Å²) < 4.78 is 12.0. The van der Waals surface area contributed by atoms with Crippen LogP contribution in [0.1, 0.15) is 35.3 Å². The molecule has 7 heteroatoms. The van der Waals surface area contributed by atoms with Crippen molar-refractivity contribution in [1.29, 1.82) is 0 Å². The number of rotatable bonds is 2. The maximum Gasteiger partial charge on any atom is 0.339 e. The lowest BCUT2D eigenvalue weighted by molar-refractivity contribution is -0.0517. The van der Waals surface area contributed by atoms with Crippen molar-refractivity contribution in [2.24, 2.45) is 0 Å². The molecule has 2 N–H and O–H groups in total. The topological polar surface area (TPSA) is 80.9 Å². The Bertz CT molecular complexity index is 921. The zero-order valence-corrected chi connectivity index (χ0v) is 14.6. The third-order valence-electron chi connectivity index (χ3n) is 4.87. The molecule has 2 aliphatic rings. The van der Waals surface area contributed by atoms with Gasteiger partial charge in [0.2, 0.25) is 11.8 Å². The van der Waals surface area contributed by atoms with Gasteiger partial charge in [0.1, 0.15) is 11.2 Å². The summed E-state index contributed by atoms with van der Waals surface area (Å²) in [4.78, 5) is 11.9. The molecule has 130 valence electrons. The van der Waals surface area contributed by atoms with E-state index in [9.17, 15) is 15.0 Å². The van der Waals surface area contributed by atoms with Crippen LogP contribution in [0.5, 0.6) is 11.8 Å². The van der Waals surface area contributed by atoms with E-state index < -0.39 is 17.2 Å². The Hall–Kier alpha value is -2.44. The first-order valence-corrected chi connectivity index (χ1v) is 8.06. The van der Waals surface area contributed by atoms with Gasteiger partial charge >= 0.3 is 5.97 Å². The van der Waals surface area contributed by atoms with E-state index >= 15 is 0 Å². The van der Waals surface area contributed by atoms with E-state index in [1.165, 1.54) is 23.8 Å². The van der Waals surface area contributed by atoms with Crippen LogP contribution in [0, 0.1) is 0 Å². The highest BCUT2D eigenvalue weighted by Gasteiger charge is 2.56. The van der Waals surface area contributed by atoms with Gasteiger partial charge in [0.05, 0.1) is 34.5 Å². The number of fused-ring (bicyclic) bond motifs is 5. The molecule has 2 unspecified atom stereocenters. The lowest BCUT2D eigenvalue weighted by atomic mass is 9.86. The molecule has 2 aromatic rings. The Labute approximate surface area is 148 Å². The van der Waals surface area contributed by atoms with Gasteiger partial charge in [-0.2, -0.15) is 0 Å². The van der Waals surface area contributed by atoms with Crippen LogP contribution in [-0.4, -0.2) is 27.9 Å². The van der Waals surface area contributed by atoms with Gasteiger partial charge in [-0.05, 0) is 44.2 Å². The molecule has 0 saturated carbocycles. The first-order chi connectivity index (χ1) is 11.7. The number of halogens is 1. The first-order valence-electron chi connectivity index (χ1n) is 7.68. The molecule has 0 amide bonds. The number of methoxy groups -OCH3 is 1. The van der Waals surface area contributed by atoms with Gasteiger partial charge in [-0.3, -0.25) is 4.57 Å². The second-order valence-corrected chi connectivity index (χ2v) is 6.95. The Balaban J connectivity index is 1.95. The SMILES string of the molecule is COC(=O)c1cc(-n2c(O)c3c(c2O)C2(C)C=CC3(C)O2)ccc1Cl. The Morgan fingerprint density at radius 2 is 1.72 bits per heavy atom. The Morgan fingerprint density at radius 1 is 1.16 bits per heavy atom. The third-order valence-corrected chi connectivity index (χ3v) is 5.20. The molecule has 3 heterocycles. The second kappa shape index (κ2) is 4.80. The molecule has 4 rings (SSSR count). The third kappa shape index (κ3) is 1.92. The molecule has 0 spiro atoms. The highest BCUT2D eigenvalue weighted by Crippen LogP contribution is 2.60. The van der Waals surface area contributed by atoms with E-state index in [-0.39, 0.29) is 22.3 Å². The highest BCUT2D eigenvalue weighted by atomic mass is 35.5. The van der Waals surface area contributed by atoms with Crippen molar-refractivity contribution in [2.75, 3.05) is 7.11 Å². The molecule has 2 atom stereocenters. The predicted molar refractivity (Wildman–Crippen MR) is 90.4 cm³/mol. The summed E-state index contributed by atoms with van der Waals surface area (Å²) in [6.45, 7) is 3.65. The summed E-state index contributed by atoms with van der Waals surface area (Å²) in [7, 11) is 1.26. The molecule has 0 radical (unpaired) electrons. The van der Waals surface area contributed by atoms with Gasteiger partial charge in [-0.15, -0.1) is 0 Å². The van der Waals surface area contributed by atoms with E-state index in [4.69, 9.17) is 21.1 Å². The van der Waals surface area contributed by atoms with Gasteiger partial charge in [0, 0.05) is 0 Å². The average molecular weight is 362 g/mol. The van der Waals surface area contributed by atoms with Crippen LogP contribution in [0.15, 0.2) is 30.4 Å². The summed E-state index contributed by atoms with van der Waals surface area (Å²) >= 11 is 6.05. The van der Waals surface area contributed by atoms with E-state index in [0.717, 1.165) is 0 Å². The number of esters is 1. The molecular formula is C18H16ClNO5. The molecule has 2 aliphatic heterocycles. The number of hydrogen-bond donors (Lipinski definition) is 2.